The van der Waals surface area contributed by atoms with E-state index in [0.29, 0.717) is 0 Å². The van der Waals surface area contributed by atoms with Crippen molar-refractivity contribution in [2.45, 2.75) is 0 Å². The highest BCUT2D eigenvalue weighted by atomic mass is 19.1. The molecule has 0 spiro atoms. The zero-order chi connectivity index (χ0) is 11.7. The second kappa shape index (κ2) is 3.73. The maximum atomic E-state index is 13.5. The van der Waals surface area contributed by atoms with Gasteiger partial charge in [0.05, 0.1) is 18.1 Å². The van der Waals surface area contributed by atoms with Crippen molar-refractivity contribution in [3.05, 3.63) is 36.0 Å². The Kier molecular flexibility index (Phi) is 2.40. The van der Waals surface area contributed by atoms with Gasteiger partial charge in [-0.3, -0.25) is 9.67 Å². The second-order valence-corrected chi connectivity index (χ2v) is 3.19. The molecule has 1 N–H and O–H groups in total. The molecule has 0 atom stereocenters. The lowest BCUT2D eigenvalue weighted by Crippen LogP contribution is -2.02. The number of carboxylic acids is 1. The molecular weight excluding hydrogens is 213 g/mol. The van der Waals surface area contributed by atoms with E-state index in [1.54, 1.807) is 7.05 Å². The van der Waals surface area contributed by atoms with Crippen molar-refractivity contribution >= 4 is 5.97 Å². The van der Waals surface area contributed by atoms with Gasteiger partial charge in [0, 0.05) is 18.8 Å². The van der Waals surface area contributed by atoms with E-state index >= 15 is 0 Å². The number of aromatic nitrogens is 3. The van der Waals surface area contributed by atoms with E-state index in [1.807, 2.05) is 0 Å². The fraction of sp³-hybridized carbons (Fsp3) is 0.100. The van der Waals surface area contributed by atoms with Gasteiger partial charge >= 0.3 is 5.97 Å². The van der Waals surface area contributed by atoms with Gasteiger partial charge in [-0.1, -0.05) is 0 Å². The van der Waals surface area contributed by atoms with Crippen molar-refractivity contribution < 1.29 is 14.3 Å². The monoisotopic (exact) mass is 221 g/mol. The lowest BCUT2D eigenvalue weighted by molar-refractivity contribution is 0.0697. The summed E-state index contributed by atoms with van der Waals surface area (Å²) in [6, 6.07) is 1.42. The summed E-state index contributed by atoms with van der Waals surface area (Å²) in [5.74, 6) is -1.71. The maximum Gasteiger partial charge on any atom is 0.339 e. The molecule has 0 saturated heterocycles. The van der Waals surface area contributed by atoms with Gasteiger partial charge in [0.2, 0.25) is 0 Å². The Balaban J connectivity index is 2.68. The number of pyridine rings is 1. The molecule has 2 rings (SSSR count). The van der Waals surface area contributed by atoms with Crippen LogP contribution >= 0.6 is 0 Å². The molecule has 0 aliphatic rings. The zero-order valence-corrected chi connectivity index (χ0v) is 8.38. The van der Waals surface area contributed by atoms with Crippen LogP contribution in [0.15, 0.2) is 24.7 Å². The first-order valence-corrected chi connectivity index (χ1v) is 4.46. The van der Waals surface area contributed by atoms with E-state index in [1.165, 1.54) is 23.1 Å². The van der Waals surface area contributed by atoms with Crippen molar-refractivity contribution in [2.75, 3.05) is 0 Å². The molecule has 0 unspecified atom stereocenters. The molecule has 82 valence electrons. The molecule has 16 heavy (non-hydrogen) atoms. The molecule has 5 nitrogen and oxygen atoms in total. The summed E-state index contributed by atoms with van der Waals surface area (Å²) in [5.41, 5.74) is 0.368. The van der Waals surface area contributed by atoms with E-state index in [-0.39, 0.29) is 16.8 Å². The number of aromatic carboxylic acids is 1. The van der Waals surface area contributed by atoms with Crippen LogP contribution in [0.4, 0.5) is 4.39 Å². The van der Waals surface area contributed by atoms with Gasteiger partial charge in [0.15, 0.2) is 5.82 Å². The number of aryl methyl sites for hydroxylation is 1. The van der Waals surface area contributed by atoms with Gasteiger partial charge in [-0.25, -0.2) is 9.18 Å². The largest absolute Gasteiger partial charge is 0.478 e. The minimum absolute atomic E-state index is 0.0346. The quantitative estimate of drug-likeness (QED) is 0.830. The van der Waals surface area contributed by atoms with Gasteiger partial charge in [0.25, 0.3) is 0 Å². The first-order chi connectivity index (χ1) is 7.61. The van der Waals surface area contributed by atoms with E-state index in [4.69, 9.17) is 5.11 Å². The number of nitrogens with zero attached hydrogens (tertiary/aromatic N) is 3. The topological polar surface area (TPSA) is 68.0 Å². The molecule has 0 saturated carbocycles. The maximum absolute atomic E-state index is 13.5. The van der Waals surface area contributed by atoms with Crippen LogP contribution in [0, 0.1) is 5.82 Å². The number of carbonyl (C=O) groups is 1. The summed E-state index contributed by atoms with van der Waals surface area (Å²) in [4.78, 5) is 14.5. The fourth-order valence-corrected chi connectivity index (χ4v) is 1.48. The van der Waals surface area contributed by atoms with Gasteiger partial charge < -0.3 is 5.11 Å². The first-order valence-electron chi connectivity index (χ1n) is 4.46. The highest BCUT2D eigenvalue weighted by Crippen LogP contribution is 2.24. The van der Waals surface area contributed by atoms with E-state index in [9.17, 15) is 9.18 Å². The Morgan fingerprint density at radius 3 is 2.88 bits per heavy atom. The van der Waals surface area contributed by atoms with Crippen molar-refractivity contribution in [2.24, 2.45) is 7.05 Å². The van der Waals surface area contributed by atoms with Crippen LogP contribution in [0.5, 0.6) is 0 Å². The molecule has 0 aromatic carbocycles. The Bertz CT molecular complexity index is 551. The zero-order valence-electron chi connectivity index (χ0n) is 8.38. The minimum atomic E-state index is -1.14. The molecule has 6 heteroatoms. The highest BCUT2D eigenvalue weighted by Gasteiger charge is 2.19. The van der Waals surface area contributed by atoms with Gasteiger partial charge in [-0.2, -0.15) is 5.10 Å². The molecule has 0 aliphatic heterocycles. The molecule has 2 heterocycles. The number of hydrogen-bond donors (Lipinski definition) is 1. The molecule has 0 aliphatic carbocycles. The molecule has 0 amide bonds. The SMILES string of the molecule is Cn1ncc(C(=O)O)c1-c1ccncc1F. The normalized spacial score (nSPS) is 10.4. The molecule has 2 aromatic heterocycles. The highest BCUT2D eigenvalue weighted by molar-refractivity contribution is 5.94. The van der Waals surface area contributed by atoms with Gasteiger partial charge in [0.1, 0.15) is 5.56 Å². The third-order valence-corrected chi connectivity index (χ3v) is 2.20. The third kappa shape index (κ3) is 1.54. The standard InChI is InChI=1S/C10H8FN3O2/c1-14-9(7(4-13-14)10(15)16)6-2-3-12-5-8(6)11/h2-5H,1H3,(H,15,16). The second-order valence-electron chi connectivity index (χ2n) is 3.19. The van der Waals surface area contributed by atoms with Crippen LogP contribution in [0.3, 0.4) is 0 Å². The van der Waals surface area contributed by atoms with E-state index in [2.05, 4.69) is 10.1 Å². The molecule has 0 fully saturated rings. The minimum Gasteiger partial charge on any atom is -0.478 e. The predicted octanol–water partition coefficient (Wildman–Crippen LogP) is 1.32. The number of halogens is 1. The molecule has 0 bridgehead atoms. The summed E-state index contributed by atoms with van der Waals surface area (Å²) in [6.45, 7) is 0. The van der Waals surface area contributed by atoms with Crippen LogP contribution in [-0.4, -0.2) is 25.8 Å². The summed E-state index contributed by atoms with van der Waals surface area (Å²) in [5, 5.41) is 12.7. The number of rotatable bonds is 2. The average molecular weight is 221 g/mol. The number of hydrogen-bond acceptors (Lipinski definition) is 3. The van der Waals surface area contributed by atoms with Crippen LogP contribution in [0.25, 0.3) is 11.3 Å². The lowest BCUT2D eigenvalue weighted by Gasteiger charge is -2.04. The Morgan fingerprint density at radius 2 is 2.25 bits per heavy atom. The van der Waals surface area contributed by atoms with E-state index in [0.717, 1.165) is 6.20 Å². The summed E-state index contributed by atoms with van der Waals surface area (Å²) < 4.78 is 14.8. The Morgan fingerprint density at radius 1 is 1.50 bits per heavy atom. The van der Waals surface area contributed by atoms with E-state index < -0.39 is 11.8 Å². The van der Waals surface area contributed by atoms with Crippen molar-refractivity contribution in [1.82, 2.24) is 14.8 Å². The number of carboxylic acid groups (broad SMARTS) is 1. The van der Waals surface area contributed by atoms with Crippen LogP contribution in [-0.2, 0) is 7.05 Å². The fourth-order valence-electron chi connectivity index (χ4n) is 1.48. The summed E-state index contributed by atoms with van der Waals surface area (Å²) in [6.07, 6.45) is 3.63. The predicted molar refractivity (Wildman–Crippen MR) is 53.4 cm³/mol. The molecular formula is C10H8FN3O2. The van der Waals surface area contributed by atoms with Crippen LogP contribution in [0.1, 0.15) is 10.4 Å². The van der Waals surface area contributed by atoms with Gasteiger partial charge in [-0.15, -0.1) is 0 Å². The first kappa shape index (κ1) is 10.3. The summed E-state index contributed by atoms with van der Waals surface area (Å²) >= 11 is 0. The third-order valence-electron chi connectivity index (χ3n) is 2.20. The Hall–Kier alpha value is -2.24. The Labute approximate surface area is 90.2 Å². The van der Waals surface area contributed by atoms with Crippen molar-refractivity contribution in [1.29, 1.82) is 0 Å². The molecule has 0 radical (unpaired) electrons. The van der Waals surface area contributed by atoms with Crippen LogP contribution in [0.2, 0.25) is 0 Å². The van der Waals surface area contributed by atoms with Crippen LogP contribution < -0.4 is 0 Å². The van der Waals surface area contributed by atoms with Gasteiger partial charge in [-0.05, 0) is 6.07 Å². The van der Waals surface area contributed by atoms with Crippen molar-refractivity contribution in [3.63, 3.8) is 0 Å². The smallest absolute Gasteiger partial charge is 0.339 e. The lowest BCUT2D eigenvalue weighted by atomic mass is 10.1. The molecule has 2 aromatic rings. The van der Waals surface area contributed by atoms with Crippen molar-refractivity contribution in [3.8, 4) is 11.3 Å². The average Bonchev–Trinajstić information content (AvgIpc) is 2.61. The summed E-state index contributed by atoms with van der Waals surface area (Å²) in [7, 11) is 1.56.